The monoisotopic (exact) mass is 657 g/mol. The number of hydrogen-bond acceptors (Lipinski definition) is 7. The number of fused-ring (bicyclic) bond motifs is 1. The Bertz CT molecular complexity index is 1310. The van der Waals surface area contributed by atoms with E-state index in [1.807, 2.05) is 32.8 Å². The van der Waals surface area contributed by atoms with E-state index in [4.69, 9.17) is 9.47 Å². The number of benzene rings is 2. The molecule has 11 nitrogen and oxygen atoms in total. The van der Waals surface area contributed by atoms with Crippen molar-refractivity contribution in [2.45, 2.75) is 71.1 Å². The summed E-state index contributed by atoms with van der Waals surface area (Å²) < 4.78 is 25.9. The smallest absolute Gasteiger partial charge is 0.321 e. The molecule has 3 rings (SSSR count). The maximum Gasteiger partial charge on any atom is 0.321 e. The van der Waals surface area contributed by atoms with Gasteiger partial charge in [-0.1, -0.05) is 6.92 Å². The number of hydrogen-bond donors (Lipinski definition) is 3. The van der Waals surface area contributed by atoms with Gasteiger partial charge in [-0.3, -0.25) is 9.59 Å². The summed E-state index contributed by atoms with van der Waals surface area (Å²) >= 11 is 0. The summed E-state index contributed by atoms with van der Waals surface area (Å²) in [5.41, 5.74) is 1.25. The lowest BCUT2D eigenvalue weighted by atomic mass is 10.0. The number of likely N-dealkylation sites (N-methyl/N-ethyl adjacent to an activating group) is 1. The van der Waals surface area contributed by atoms with E-state index in [-0.39, 0.29) is 49.6 Å². The fourth-order valence-corrected chi connectivity index (χ4v) is 5.35. The highest BCUT2D eigenvalue weighted by Crippen LogP contribution is 2.28. The van der Waals surface area contributed by atoms with Crippen LogP contribution < -0.4 is 15.4 Å². The van der Waals surface area contributed by atoms with Gasteiger partial charge in [-0.25, -0.2) is 9.18 Å². The third-order valence-corrected chi connectivity index (χ3v) is 8.24. The summed E-state index contributed by atoms with van der Waals surface area (Å²) in [6.07, 6.45) is 2.79. The Hall–Kier alpha value is -3.74. The minimum Gasteiger partial charge on any atom is -0.490 e. The number of rotatable bonds is 10. The van der Waals surface area contributed by atoms with E-state index in [9.17, 15) is 23.9 Å². The molecule has 0 fully saturated rings. The summed E-state index contributed by atoms with van der Waals surface area (Å²) in [5, 5.41) is 15.9. The van der Waals surface area contributed by atoms with Gasteiger partial charge in [-0.2, -0.15) is 0 Å². The number of carbonyl (C=O) groups excluding carboxylic acids is 3. The van der Waals surface area contributed by atoms with Gasteiger partial charge in [0.05, 0.1) is 30.4 Å². The highest BCUT2D eigenvalue weighted by molar-refractivity contribution is 5.99. The zero-order valence-electron chi connectivity index (χ0n) is 28.6. The van der Waals surface area contributed by atoms with Crippen LogP contribution in [-0.2, 0) is 9.53 Å². The molecular weight excluding hydrogens is 605 g/mol. The molecule has 0 bridgehead atoms. The van der Waals surface area contributed by atoms with Crippen molar-refractivity contribution < 1.29 is 33.4 Å². The molecule has 0 radical (unpaired) electrons. The standard InChI is InChI=1S/C35H52FN5O6/c1-24-21-41(25(2)23-42)34(44)30-20-29(37-33(43)11-9-18-39(4)5)16-17-31(30)47-26(3)10-7-8-19-46-32(24)22-40(6)35(45)38-28-14-12-27(36)13-15-28/h12-17,20,24-26,32,42H,7-11,18-19,21-23H2,1-6H3,(H,37,43)(H,38,45)/t24-,25-,26+,32+/m0/s1. The maximum atomic E-state index is 14.3. The van der Waals surface area contributed by atoms with Crippen molar-refractivity contribution >= 4 is 29.2 Å². The van der Waals surface area contributed by atoms with Crippen molar-refractivity contribution in [1.29, 1.82) is 0 Å². The van der Waals surface area contributed by atoms with E-state index in [2.05, 4.69) is 10.6 Å². The van der Waals surface area contributed by atoms with Crippen LogP contribution in [0.4, 0.5) is 20.6 Å². The minimum atomic E-state index is -0.535. The summed E-state index contributed by atoms with van der Waals surface area (Å²) in [4.78, 5) is 45.1. The molecule has 0 aliphatic carbocycles. The molecule has 2 aromatic carbocycles. The van der Waals surface area contributed by atoms with Crippen LogP contribution in [0.1, 0.15) is 63.2 Å². The van der Waals surface area contributed by atoms with Crippen LogP contribution in [-0.4, -0.2) is 110 Å². The molecule has 1 heterocycles. The molecular formula is C35H52FN5O6. The quantitative estimate of drug-likeness (QED) is 0.326. The first-order valence-corrected chi connectivity index (χ1v) is 16.4. The van der Waals surface area contributed by atoms with Gasteiger partial charge in [0.1, 0.15) is 11.6 Å². The Morgan fingerprint density at radius 3 is 2.45 bits per heavy atom. The first kappa shape index (κ1) is 37.7. The predicted molar refractivity (Wildman–Crippen MR) is 181 cm³/mol. The molecule has 0 aromatic heterocycles. The number of aliphatic hydroxyl groups is 1. The largest absolute Gasteiger partial charge is 0.490 e. The minimum absolute atomic E-state index is 0.142. The van der Waals surface area contributed by atoms with E-state index >= 15 is 0 Å². The summed E-state index contributed by atoms with van der Waals surface area (Å²) in [6.45, 7) is 7.13. The Morgan fingerprint density at radius 2 is 1.77 bits per heavy atom. The van der Waals surface area contributed by atoms with Crippen LogP contribution in [0.3, 0.4) is 0 Å². The molecule has 1 aliphatic heterocycles. The Balaban J connectivity index is 1.86. The molecule has 260 valence electrons. The number of amides is 4. The zero-order valence-corrected chi connectivity index (χ0v) is 28.6. The van der Waals surface area contributed by atoms with Crippen LogP contribution in [0.5, 0.6) is 5.75 Å². The van der Waals surface area contributed by atoms with Crippen LogP contribution in [0.15, 0.2) is 42.5 Å². The number of urea groups is 1. The maximum absolute atomic E-state index is 14.3. The van der Waals surface area contributed by atoms with E-state index in [1.54, 1.807) is 37.1 Å². The number of halogens is 1. The van der Waals surface area contributed by atoms with E-state index < -0.39 is 18.0 Å². The van der Waals surface area contributed by atoms with Crippen molar-refractivity contribution in [2.24, 2.45) is 5.92 Å². The van der Waals surface area contributed by atoms with E-state index in [0.29, 0.717) is 42.1 Å². The van der Waals surface area contributed by atoms with Crippen molar-refractivity contribution in [1.82, 2.24) is 14.7 Å². The Morgan fingerprint density at radius 1 is 1.06 bits per heavy atom. The van der Waals surface area contributed by atoms with Crippen LogP contribution in [0.2, 0.25) is 0 Å². The molecule has 4 atom stereocenters. The van der Waals surface area contributed by atoms with Gasteiger partial charge in [0.15, 0.2) is 0 Å². The molecule has 0 saturated carbocycles. The summed E-state index contributed by atoms with van der Waals surface area (Å²) in [6, 6.07) is 9.73. The lowest BCUT2D eigenvalue weighted by Gasteiger charge is -2.35. The molecule has 0 unspecified atom stereocenters. The van der Waals surface area contributed by atoms with Crippen molar-refractivity contribution in [3.63, 3.8) is 0 Å². The highest BCUT2D eigenvalue weighted by Gasteiger charge is 2.31. The zero-order chi connectivity index (χ0) is 34.5. The van der Waals surface area contributed by atoms with E-state index in [1.165, 1.54) is 29.2 Å². The second-order valence-corrected chi connectivity index (χ2v) is 12.8. The normalized spacial score (nSPS) is 20.1. The SMILES string of the molecule is C[C@@H]1CCCCO[C@H](CN(C)C(=O)Nc2ccc(F)cc2)[C@@H](C)CN([C@@H](C)CO)C(=O)c2cc(NC(=O)CCCN(C)C)ccc2O1. The van der Waals surface area contributed by atoms with Gasteiger partial charge in [0.25, 0.3) is 5.91 Å². The van der Waals surface area contributed by atoms with Gasteiger partial charge in [-0.15, -0.1) is 0 Å². The van der Waals surface area contributed by atoms with Gasteiger partial charge < -0.3 is 39.9 Å². The Labute approximate surface area is 278 Å². The summed E-state index contributed by atoms with van der Waals surface area (Å²) in [7, 11) is 5.57. The number of aliphatic hydroxyl groups excluding tert-OH is 1. The van der Waals surface area contributed by atoms with Crippen molar-refractivity contribution in [3.8, 4) is 5.75 Å². The molecule has 47 heavy (non-hydrogen) atoms. The second kappa shape index (κ2) is 18.6. The molecule has 3 N–H and O–H groups in total. The average molecular weight is 658 g/mol. The second-order valence-electron chi connectivity index (χ2n) is 12.8. The molecule has 2 aromatic rings. The third-order valence-electron chi connectivity index (χ3n) is 8.24. The van der Waals surface area contributed by atoms with Crippen LogP contribution >= 0.6 is 0 Å². The van der Waals surface area contributed by atoms with Crippen LogP contribution in [0.25, 0.3) is 0 Å². The third kappa shape index (κ3) is 12.1. The first-order chi connectivity index (χ1) is 22.4. The number of nitrogens with one attached hydrogen (secondary N) is 2. The number of anilines is 2. The fraction of sp³-hybridized carbons (Fsp3) is 0.571. The lowest BCUT2D eigenvalue weighted by Crippen LogP contribution is -2.48. The first-order valence-electron chi connectivity index (χ1n) is 16.4. The molecule has 12 heteroatoms. The number of nitrogens with zero attached hydrogens (tertiary/aromatic N) is 3. The average Bonchev–Trinajstić information content (AvgIpc) is 3.03. The number of ether oxygens (including phenoxy) is 2. The molecule has 0 spiro atoms. The van der Waals surface area contributed by atoms with Gasteiger partial charge in [0, 0.05) is 50.5 Å². The predicted octanol–water partition coefficient (Wildman–Crippen LogP) is 5.07. The lowest BCUT2D eigenvalue weighted by molar-refractivity contribution is -0.116. The van der Waals surface area contributed by atoms with Crippen molar-refractivity contribution in [3.05, 3.63) is 53.8 Å². The fourth-order valence-electron chi connectivity index (χ4n) is 5.35. The number of carbonyl (C=O) groups is 3. The summed E-state index contributed by atoms with van der Waals surface area (Å²) in [5.74, 6) is -0.703. The van der Waals surface area contributed by atoms with Gasteiger partial charge in [0.2, 0.25) is 5.91 Å². The molecule has 0 saturated heterocycles. The van der Waals surface area contributed by atoms with Gasteiger partial charge >= 0.3 is 6.03 Å². The molecule has 1 aliphatic rings. The Kier molecular flexibility index (Phi) is 14.9. The highest BCUT2D eigenvalue weighted by atomic mass is 19.1. The topological polar surface area (TPSA) is 124 Å². The van der Waals surface area contributed by atoms with Crippen molar-refractivity contribution in [2.75, 3.05) is 64.6 Å². The van der Waals surface area contributed by atoms with Gasteiger partial charge in [-0.05, 0) is 103 Å². The van der Waals surface area contributed by atoms with Crippen LogP contribution in [0, 0.1) is 11.7 Å². The van der Waals surface area contributed by atoms with E-state index in [0.717, 1.165) is 25.8 Å². The molecule has 4 amide bonds.